The van der Waals surface area contributed by atoms with Crippen molar-refractivity contribution in [1.82, 2.24) is 15.5 Å². The first-order valence-corrected chi connectivity index (χ1v) is 6.85. The maximum Gasteiger partial charge on any atom is 0.248 e. The molecule has 1 heterocycles. The molecular weight excluding hydrogens is 294 g/mol. The van der Waals surface area contributed by atoms with Crippen LogP contribution in [0.2, 0.25) is 5.02 Å². The van der Waals surface area contributed by atoms with E-state index in [-0.39, 0.29) is 25.2 Å². The Morgan fingerprint density at radius 2 is 2.24 bits per heavy atom. The number of carbonyl (C=O) groups is 1. The smallest absolute Gasteiger partial charge is 0.248 e. The van der Waals surface area contributed by atoms with Crippen molar-refractivity contribution in [2.24, 2.45) is 0 Å². The summed E-state index contributed by atoms with van der Waals surface area (Å²) in [5.74, 6) is 0.637. The number of halogens is 1. The lowest BCUT2D eigenvalue weighted by Crippen LogP contribution is -2.30. The normalized spacial score (nSPS) is 12.1. The summed E-state index contributed by atoms with van der Waals surface area (Å²) in [5.41, 5.74) is 0.840. The Kier molecular flexibility index (Phi) is 5.30. The highest BCUT2D eigenvalue weighted by atomic mass is 35.5. The quantitative estimate of drug-likeness (QED) is 0.886. The minimum absolute atomic E-state index is 0.0668. The Labute approximate surface area is 127 Å². The summed E-state index contributed by atoms with van der Waals surface area (Å²) in [5, 5.41) is 7.01. The molecule has 21 heavy (non-hydrogen) atoms. The summed E-state index contributed by atoms with van der Waals surface area (Å²) >= 11 is 6.00. The van der Waals surface area contributed by atoms with Crippen molar-refractivity contribution in [3.8, 4) is 0 Å². The van der Waals surface area contributed by atoms with Gasteiger partial charge in [0.1, 0.15) is 12.6 Å². The van der Waals surface area contributed by atoms with Crippen LogP contribution in [0.4, 0.5) is 0 Å². The van der Waals surface area contributed by atoms with E-state index in [4.69, 9.17) is 20.9 Å². The summed E-state index contributed by atoms with van der Waals surface area (Å²) in [6.45, 7) is 3.69. The Hall–Kier alpha value is -1.92. The second-order valence-corrected chi connectivity index (χ2v) is 4.96. The third-order valence-electron chi connectivity index (χ3n) is 2.74. The molecule has 0 spiro atoms. The first kappa shape index (κ1) is 15.5. The van der Waals surface area contributed by atoms with Crippen LogP contribution in [0.3, 0.4) is 0 Å². The number of amides is 1. The third kappa shape index (κ3) is 4.54. The van der Waals surface area contributed by atoms with Gasteiger partial charge >= 0.3 is 0 Å². The molecular formula is C14H16ClN3O3. The number of ether oxygens (including phenoxy) is 1. The lowest BCUT2D eigenvalue weighted by atomic mass is 10.2. The monoisotopic (exact) mass is 309 g/mol. The zero-order chi connectivity index (χ0) is 15.2. The molecule has 0 saturated heterocycles. The number of carbonyl (C=O) groups excluding carboxylic acids is 1. The molecule has 6 nitrogen and oxygen atoms in total. The van der Waals surface area contributed by atoms with Gasteiger partial charge in [-0.3, -0.25) is 4.79 Å². The van der Waals surface area contributed by atoms with Crippen LogP contribution in [0.1, 0.15) is 30.2 Å². The van der Waals surface area contributed by atoms with E-state index >= 15 is 0 Å². The van der Waals surface area contributed by atoms with E-state index in [2.05, 4.69) is 15.5 Å². The van der Waals surface area contributed by atoms with Crippen molar-refractivity contribution in [2.45, 2.75) is 26.5 Å². The predicted molar refractivity (Wildman–Crippen MR) is 76.7 cm³/mol. The lowest BCUT2D eigenvalue weighted by Gasteiger charge is -2.10. The van der Waals surface area contributed by atoms with Crippen LogP contribution in [0, 0.1) is 6.92 Å². The van der Waals surface area contributed by atoms with Crippen molar-refractivity contribution >= 4 is 17.5 Å². The molecule has 0 aliphatic rings. The maximum atomic E-state index is 11.7. The van der Waals surface area contributed by atoms with Gasteiger partial charge in [0.25, 0.3) is 0 Å². The Balaban J connectivity index is 1.76. The van der Waals surface area contributed by atoms with Crippen molar-refractivity contribution in [3.05, 3.63) is 46.6 Å². The van der Waals surface area contributed by atoms with Gasteiger partial charge in [0, 0.05) is 5.02 Å². The molecule has 7 heteroatoms. The first-order valence-electron chi connectivity index (χ1n) is 6.47. The van der Waals surface area contributed by atoms with Crippen LogP contribution in [-0.2, 0) is 16.1 Å². The molecule has 1 aromatic carbocycles. The highest BCUT2D eigenvalue weighted by Crippen LogP contribution is 2.15. The number of hydrogen-bond donors (Lipinski definition) is 1. The van der Waals surface area contributed by atoms with Crippen LogP contribution >= 0.6 is 11.6 Å². The summed E-state index contributed by atoms with van der Waals surface area (Å²) < 4.78 is 10.3. The maximum absolute atomic E-state index is 11.7. The fraction of sp³-hybridized carbons (Fsp3) is 0.357. The van der Waals surface area contributed by atoms with Gasteiger partial charge in [0.15, 0.2) is 5.82 Å². The van der Waals surface area contributed by atoms with Gasteiger partial charge in [-0.2, -0.15) is 4.98 Å². The topological polar surface area (TPSA) is 77.2 Å². The number of aryl methyl sites for hydroxylation is 1. The van der Waals surface area contributed by atoms with E-state index in [9.17, 15) is 4.79 Å². The van der Waals surface area contributed by atoms with Crippen molar-refractivity contribution in [3.63, 3.8) is 0 Å². The third-order valence-corrected chi connectivity index (χ3v) is 3.11. The summed E-state index contributed by atoms with van der Waals surface area (Å²) in [6, 6.07) is 6.98. The van der Waals surface area contributed by atoms with Gasteiger partial charge in [0.2, 0.25) is 11.8 Å². The standard InChI is InChI=1S/C14H16ClN3O3/c1-9(14-17-10(2)18-21-14)16-13(19)8-20-7-11-5-3-4-6-12(11)15/h3-6,9H,7-8H2,1-2H3,(H,16,19)/t9-/m0/s1. The van der Waals surface area contributed by atoms with E-state index in [0.717, 1.165) is 5.56 Å². The average molecular weight is 310 g/mol. The molecule has 0 bridgehead atoms. The van der Waals surface area contributed by atoms with Crippen LogP contribution in [0.25, 0.3) is 0 Å². The van der Waals surface area contributed by atoms with Crippen molar-refractivity contribution in [1.29, 1.82) is 0 Å². The van der Waals surface area contributed by atoms with Crippen LogP contribution in [0.5, 0.6) is 0 Å². The van der Waals surface area contributed by atoms with Crippen LogP contribution in [0.15, 0.2) is 28.8 Å². The minimum atomic E-state index is -0.359. The molecule has 0 aliphatic heterocycles. The van der Waals surface area contributed by atoms with E-state index in [1.54, 1.807) is 19.9 Å². The molecule has 1 amide bonds. The lowest BCUT2D eigenvalue weighted by molar-refractivity contribution is -0.126. The van der Waals surface area contributed by atoms with Gasteiger partial charge < -0.3 is 14.6 Å². The molecule has 2 rings (SSSR count). The molecule has 112 valence electrons. The first-order chi connectivity index (χ1) is 10.1. The molecule has 1 atom stereocenters. The minimum Gasteiger partial charge on any atom is -0.367 e. The second-order valence-electron chi connectivity index (χ2n) is 4.55. The summed E-state index contributed by atoms with van der Waals surface area (Å²) in [6.07, 6.45) is 0. The van der Waals surface area contributed by atoms with Crippen LogP contribution in [-0.4, -0.2) is 22.7 Å². The Bertz CT molecular complexity index is 615. The molecule has 0 radical (unpaired) electrons. The van der Waals surface area contributed by atoms with Gasteiger partial charge in [-0.15, -0.1) is 0 Å². The Morgan fingerprint density at radius 1 is 1.48 bits per heavy atom. The SMILES string of the molecule is Cc1noc([C@H](C)NC(=O)COCc2ccccc2Cl)n1. The average Bonchev–Trinajstić information content (AvgIpc) is 2.88. The number of rotatable bonds is 6. The van der Waals surface area contributed by atoms with E-state index in [0.29, 0.717) is 16.7 Å². The van der Waals surface area contributed by atoms with E-state index < -0.39 is 0 Å². The number of aromatic nitrogens is 2. The van der Waals surface area contributed by atoms with Crippen LogP contribution < -0.4 is 5.32 Å². The van der Waals surface area contributed by atoms with Crippen molar-refractivity contribution < 1.29 is 14.1 Å². The Morgan fingerprint density at radius 3 is 2.90 bits per heavy atom. The fourth-order valence-electron chi connectivity index (χ4n) is 1.70. The number of benzene rings is 1. The summed E-state index contributed by atoms with van der Waals surface area (Å²) in [4.78, 5) is 15.8. The molecule has 0 unspecified atom stereocenters. The van der Waals surface area contributed by atoms with Gasteiger partial charge in [-0.25, -0.2) is 0 Å². The second kappa shape index (κ2) is 7.19. The highest BCUT2D eigenvalue weighted by molar-refractivity contribution is 6.31. The van der Waals surface area contributed by atoms with Gasteiger partial charge in [-0.1, -0.05) is 35.0 Å². The zero-order valence-corrected chi connectivity index (χ0v) is 12.6. The number of hydrogen-bond acceptors (Lipinski definition) is 5. The summed E-state index contributed by atoms with van der Waals surface area (Å²) in [7, 11) is 0. The van der Waals surface area contributed by atoms with Crippen molar-refractivity contribution in [2.75, 3.05) is 6.61 Å². The fourth-order valence-corrected chi connectivity index (χ4v) is 1.89. The largest absolute Gasteiger partial charge is 0.367 e. The molecule has 1 aromatic heterocycles. The van der Waals surface area contributed by atoms with E-state index in [1.165, 1.54) is 0 Å². The molecule has 0 saturated carbocycles. The van der Waals surface area contributed by atoms with Gasteiger partial charge in [-0.05, 0) is 25.5 Å². The zero-order valence-electron chi connectivity index (χ0n) is 11.8. The van der Waals surface area contributed by atoms with E-state index in [1.807, 2.05) is 18.2 Å². The molecule has 1 N–H and O–H groups in total. The molecule has 2 aromatic rings. The number of nitrogens with one attached hydrogen (secondary N) is 1. The predicted octanol–water partition coefficient (Wildman–Crippen LogP) is 2.43. The molecule has 0 aliphatic carbocycles. The van der Waals surface area contributed by atoms with Gasteiger partial charge in [0.05, 0.1) is 6.61 Å². The molecule has 0 fully saturated rings. The number of nitrogens with zero attached hydrogens (tertiary/aromatic N) is 2. The highest BCUT2D eigenvalue weighted by Gasteiger charge is 2.15.